The number of nitrogens with zero attached hydrogens (tertiary/aromatic N) is 2. The molecule has 0 aliphatic rings. The fraction of sp³-hybridized carbons (Fsp3) is 0.389. The third-order valence-corrected chi connectivity index (χ3v) is 4.52. The van der Waals surface area contributed by atoms with Crippen molar-refractivity contribution in [1.82, 2.24) is 20.9 Å². The number of ether oxygens (including phenoxy) is 1. The molecule has 0 aliphatic heterocycles. The summed E-state index contributed by atoms with van der Waals surface area (Å²) in [6.07, 6.45) is 0. The summed E-state index contributed by atoms with van der Waals surface area (Å²) in [4.78, 5) is 21.1. The minimum atomic E-state index is -2.89. The normalized spacial score (nSPS) is 11.4. The summed E-state index contributed by atoms with van der Waals surface area (Å²) in [5.74, 6) is 0.448. The van der Waals surface area contributed by atoms with Crippen LogP contribution < -0.4 is 20.7 Å². The van der Waals surface area contributed by atoms with E-state index in [0.717, 1.165) is 0 Å². The number of amides is 1. The number of thiazole rings is 1. The predicted octanol–water partition coefficient (Wildman–Crippen LogP) is 2.54. The van der Waals surface area contributed by atoms with Gasteiger partial charge >= 0.3 is 6.61 Å². The Balaban J connectivity index is 1.87. The Bertz CT molecular complexity index is 798. The number of halogens is 2. The van der Waals surface area contributed by atoms with Crippen LogP contribution in [-0.4, -0.2) is 43.1 Å². The molecule has 1 aromatic heterocycles. The molecule has 0 fully saturated rings. The monoisotopic (exact) mass is 411 g/mol. The minimum Gasteiger partial charge on any atom is -0.434 e. The van der Waals surface area contributed by atoms with Gasteiger partial charge in [-0.1, -0.05) is 18.2 Å². The summed E-state index contributed by atoms with van der Waals surface area (Å²) in [6, 6.07) is 6.53. The lowest BCUT2D eigenvalue weighted by molar-refractivity contribution is -0.0504. The van der Waals surface area contributed by atoms with Crippen LogP contribution in [0.25, 0.3) is 0 Å². The summed E-state index contributed by atoms with van der Waals surface area (Å²) in [5.41, 5.74) is 2.89. The predicted molar refractivity (Wildman–Crippen MR) is 105 cm³/mol. The van der Waals surface area contributed by atoms with Gasteiger partial charge in [0.25, 0.3) is 5.91 Å². The fourth-order valence-corrected chi connectivity index (χ4v) is 3.03. The number of aryl methyl sites for hydroxylation is 1. The Hall–Kier alpha value is -2.75. The number of nitrogens with one attached hydrogen (secondary N) is 3. The fourth-order valence-electron chi connectivity index (χ4n) is 2.31. The number of para-hydroxylation sites is 1. The Labute approximate surface area is 166 Å². The molecule has 3 N–H and O–H groups in total. The van der Waals surface area contributed by atoms with Crippen molar-refractivity contribution in [3.8, 4) is 5.75 Å². The van der Waals surface area contributed by atoms with E-state index in [-0.39, 0.29) is 18.2 Å². The second-order valence-corrected chi connectivity index (χ2v) is 6.49. The largest absolute Gasteiger partial charge is 0.434 e. The third-order valence-electron chi connectivity index (χ3n) is 3.60. The van der Waals surface area contributed by atoms with Crippen LogP contribution in [0.15, 0.2) is 34.8 Å². The highest BCUT2D eigenvalue weighted by atomic mass is 32.1. The van der Waals surface area contributed by atoms with Crippen LogP contribution in [-0.2, 0) is 6.54 Å². The van der Waals surface area contributed by atoms with Gasteiger partial charge in [-0.2, -0.15) is 8.78 Å². The zero-order chi connectivity index (χ0) is 20.4. The highest BCUT2D eigenvalue weighted by molar-refractivity contribution is 7.11. The Kier molecular flexibility index (Phi) is 8.60. The quantitative estimate of drug-likeness (QED) is 0.335. The van der Waals surface area contributed by atoms with Gasteiger partial charge in [0.15, 0.2) is 5.96 Å². The molecule has 0 saturated heterocycles. The van der Waals surface area contributed by atoms with Crippen LogP contribution >= 0.6 is 11.3 Å². The van der Waals surface area contributed by atoms with Gasteiger partial charge in [-0.25, -0.2) is 9.98 Å². The molecule has 10 heteroatoms. The van der Waals surface area contributed by atoms with Gasteiger partial charge in [0.2, 0.25) is 0 Å². The van der Waals surface area contributed by atoms with Crippen LogP contribution in [0.4, 0.5) is 8.78 Å². The number of rotatable bonds is 9. The molecule has 0 spiro atoms. The van der Waals surface area contributed by atoms with Crippen LogP contribution in [0.1, 0.15) is 27.9 Å². The second-order valence-electron chi connectivity index (χ2n) is 5.63. The van der Waals surface area contributed by atoms with Crippen molar-refractivity contribution in [3.63, 3.8) is 0 Å². The van der Waals surface area contributed by atoms with E-state index in [1.807, 2.05) is 6.92 Å². The van der Waals surface area contributed by atoms with Gasteiger partial charge in [-0.3, -0.25) is 4.79 Å². The van der Waals surface area contributed by atoms with Crippen molar-refractivity contribution < 1.29 is 18.3 Å². The number of hydrogen-bond donors (Lipinski definition) is 3. The molecule has 0 radical (unpaired) electrons. The molecule has 1 heterocycles. The van der Waals surface area contributed by atoms with Gasteiger partial charge in [0.1, 0.15) is 10.6 Å². The van der Waals surface area contributed by atoms with Crippen molar-refractivity contribution in [1.29, 1.82) is 0 Å². The number of alkyl halides is 2. The molecule has 7 nitrogen and oxygen atoms in total. The molecule has 28 heavy (non-hydrogen) atoms. The number of guanidine groups is 1. The molecular weight excluding hydrogens is 388 g/mol. The molecule has 0 saturated carbocycles. The van der Waals surface area contributed by atoms with E-state index in [9.17, 15) is 13.6 Å². The second kappa shape index (κ2) is 11.2. The van der Waals surface area contributed by atoms with E-state index < -0.39 is 6.61 Å². The summed E-state index contributed by atoms with van der Waals surface area (Å²) < 4.78 is 29.5. The Morgan fingerprint density at radius 2 is 2.00 bits per heavy atom. The lowest BCUT2D eigenvalue weighted by Gasteiger charge is -2.13. The van der Waals surface area contributed by atoms with Crippen molar-refractivity contribution in [2.75, 3.05) is 19.6 Å². The van der Waals surface area contributed by atoms with Crippen molar-refractivity contribution >= 4 is 23.2 Å². The zero-order valence-corrected chi connectivity index (χ0v) is 16.5. The van der Waals surface area contributed by atoms with Crippen LogP contribution in [0.5, 0.6) is 5.75 Å². The standard InChI is InChI=1S/C18H23F2N5O2S/c1-3-21-18(23-9-8-22-16(26)15-12(2)25-11-28-15)24-10-13-6-4-5-7-14(13)27-17(19)20/h4-7,11,17H,3,8-10H2,1-2H3,(H,22,26)(H2,21,23,24). The maximum absolute atomic E-state index is 12.5. The first-order chi connectivity index (χ1) is 13.5. The molecule has 2 rings (SSSR count). The van der Waals surface area contributed by atoms with Crippen LogP contribution in [0.2, 0.25) is 0 Å². The first-order valence-electron chi connectivity index (χ1n) is 8.74. The lowest BCUT2D eigenvalue weighted by Crippen LogP contribution is -2.41. The van der Waals surface area contributed by atoms with Gasteiger partial charge in [-0.05, 0) is 19.9 Å². The maximum Gasteiger partial charge on any atom is 0.387 e. The molecule has 2 aromatic rings. The SMILES string of the molecule is CCNC(=NCc1ccccc1OC(F)F)NCCNC(=O)c1scnc1C. The average Bonchev–Trinajstić information content (AvgIpc) is 3.09. The van der Waals surface area contributed by atoms with E-state index in [4.69, 9.17) is 0 Å². The van der Waals surface area contributed by atoms with Crippen LogP contribution in [0.3, 0.4) is 0 Å². The Morgan fingerprint density at radius 3 is 2.68 bits per heavy atom. The average molecular weight is 411 g/mol. The van der Waals surface area contributed by atoms with Crippen molar-refractivity contribution in [2.24, 2.45) is 4.99 Å². The molecule has 0 atom stereocenters. The van der Waals surface area contributed by atoms with E-state index in [0.29, 0.717) is 41.7 Å². The van der Waals surface area contributed by atoms with E-state index in [1.54, 1.807) is 30.6 Å². The third kappa shape index (κ3) is 6.76. The first kappa shape index (κ1) is 21.5. The molecule has 0 bridgehead atoms. The summed E-state index contributed by atoms with van der Waals surface area (Å²) in [7, 11) is 0. The smallest absolute Gasteiger partial charge is 0.387 e. The number of benzene rings is 1. The van der Waals surface area contributed by atoms with E-state index in [1.165, 1.54) is 17.4 Å². The lowest BCUT2D eigenvalue weighted by atomic mass is 10.2. The van der Waals surface area contributed by atoms with Crippen LogP contribution in [0, 0.1) is 6.92 Å². The first-order valence-corrected chi connectivity index (χ1v) is 9.62. The van der Waals surface area contributed by atoms with Crippen molar-refractivity contribution in [2.45, 2.75) is 27.0 Å². The maximum atomic E-state index is 12.5. The molecule has 0 aliphatic carbocycles. The van der Waals surface area contributed by atoms with Gasteiger partial charge < -0.3 is 20.7 Å². The van der Waals surface area contributed by atoms with E-state index in [2.05, 4.69) is 30.7 Å². The Morgan fingerprint density at radius 1 is 1.25 bits per heavy atom. The molecule has 0 unspecified atom stereocenters. The van der Waals surface area contributed by atoms with Gasteiger partial charge in [-0.15, -0.1) is 11.3 Å². The highest BCUT2D eigenvalue weighted by Gasteiger charge is 2.11. The zero-order valence-electron chi connectivity index (χ0n) is 15.7. The number of aromatic nitrogens is 1. The minimum absolute atomic E-state index is 0.101. The van der Waals surface area contributed by atoms with Gasteiger partial charge in [0, 0.05) is 25.2 Å². The molecule has 152 valence electrons. The van der Waals surface area contributed by atoms with E-state index >= 15 is 0 Å². The molecular formula is C18H23F2N5O2S. The summed E-state index contributed by atoms with van der Waals surface area (Å²) >= 11 is 1.30. The highest BCUT2D eigenvalue weighted by Crippen LogP contribution is 2.20. The molecule has 1 amide bonds. The summed E-state index contributed by atoms with van der Waals surface area (Å²) in [6.45, 7) is 2.46. The number of carbonyl (C=O) groups excluding carboxylic acids is 1. The van der Waals surface area contributed by atoms with Crippen molar-refractivity contribution in [3.05, 3.63) is 45.9 Å². The van der Waals surface area contributed by atoms with Gasteiger partial charge in [0.05, 0.1) is 17.7 Å². The summed E-state index contributed by atoms with van der Waals surface area (Å²) in [5, 5.41) is 8.97. The number of hydrogen-bond acceptors (Lipinski definition) is 5. The topological polar surface area (TPSA) is 87.6 Å². The number of aliphatic imine (C=N–C) groups is 1. The number of carbonyl (C=O) groups is 1. The molecule has 1 aromatic carbocycles.